The van der Waals surface area contributed by atoms with Crippen LogP contribution in [-0.2, 0) is 4.74 Å². The van der Waals surface area contributed by atoms with Gasteiger partial charge in [0.25, 0.3) is 0 Å². The molecule has 0 saturated carbocycles. The summed E-state index contributed by atoms with van der Waals surface area (Å²) in [7, 11) is 1.72. The highest BCUT2D eigenvalue weighted by molar-refractivity contribution is 6.99. The average Bonchev–Trinajstić information content (AvgIpc) is 2.58. The molecule has 0 amide bonds. The van der Waals surface area contributed by atoms with E-state index in [1.54, 1.807) is 7.11 Å². The number of nitrogens with zero attached hydrogens (tertiary/aromatic N) is 2. The van der Waals surface area contributed by atoms with Crippen molar-refractivity contribution in [2.75, 3.05) is 25.6 Å². The topological polar surface area (TPSA) is 47.0 Å². The molecule has 1 rings (SSSR count). The third-order valence-electron chi connectivity index (χ3n) is 1.77. The first kappa shape index (κ1) is 11.7. The van der Waals surface area contributed by atoms with Gasteiger partial charge >= 0.3 is 0 Å². The third kappa shape index (κ3) is 4.21. The zero-order chi connectivity index (χ0) is 10.2. The number of ether oxygens (including phenoxy) is 1. The van der Waals surface area contributed by atoms with Crippen molar-refractivity contribution < 1.29 is 4.74 Å². The summed E-state index contributed by atoms with van der Waals surface area (Å²) in [6, 6.07) is 0. The normalized spacial score (nSPS) is 10.4. The molecule has 1 aromatic rings. The lowest BCUT2D eigenvalue weighted by Gasteiger charge is -2.02. The van der Waals surface area contributed by atoms with Crippen LogP contribution in [0.3, 0.4) is 0 Å². The van der Waals surface area contributed by atoms with Crippen LogP contribution in [0.2, 0.25) is 5.15 Å². The van der Waals surface area contributed by atoms with Crippen molar-refractivity contribution in [1.82, 2.24) is 8.75 Å². The molecule has 1 aromatic heterocycles. The molecule has 0 aromatic carbocycles. The molecule has 0 saturated heterocycles. The molecule has 0 aliphatic heterocycles. The van der Waals surface area contributed by atoms with Crippen LogP contribution in [0.1, 0.15) is 19.3 Å². The Labute approximate surface area is 92.9 Å². The van der Waals surface area contributed by atoms with Crippen LogP contribution in [0.4, 0.5) is 5.82 Å². The Morgan fingerprint density at radius 2 is 2.21 bits per heavy atom. The fraction of sp³-hybridized carbons (Fsp3) is 0.750. The van der Waals surface area contributed by atoms with Crippen molar-refractivity contribution in [3.8, 4) is 0 Å². The number of unbranched alkanes of at least 4 members (excludes halogenated alkanes) is 2. The molecular weight excluding hydrogens is 222 g/mol. The van der Waals surface area contributed by atoms with E-state index >= 15 is 0 Å². The second-order valence-electron chi connectivity index (χ2n) is 2.88. The van der Waals surface area contributed by atoms with Crippen LogP contribution in [0.5, 0.6) is 0 Å². The van der Waals surface area contributed by atoms with Gasteiger partial charge in [-0.3, -0.25) is 0 Å². The summed E-state index contributed by atoms with van der Waals surface area (Å²) in [6.07, 6.45) is 3.34. The molecule has 0 aliphatic rings. The molecular formula is C8H14ClN3OS. The Balaban J connectivity index is 2.02. The Hall–Kier alpha value is -0.390. The Kier molecular flexibility index (Phi) is 5.82. The van der Waals surface area contributed by atoms with E-state index in [1.807, 2.05) is 0 Å². The number of anilines is 1. The van der Waals surface area contributed by atoms with Gasteiger partial charge < -0.3 is 10.1 Å². The van der Waals surface area contributed by atoms with E-state index in [0.717, 1.165) is 44.1 Å². The highest BCUT2D eigenvalue weighted by atomic mass is 35.5. The number of aromatic nitrogens is 2. The zero-order valence-corrected chi connectivity index (χ0v) is 9.70. The van der Waals surface area contributed by atoms with Gasteiger partial charge in [-0.05, 0) is 19.3 Å². The highest BCUT2D eigenvalue weighted by Gasteiger charge is 2.02. The van der Waals surface area contributed by atoms with Crippen molar-refractivity contribution in [3.63, 3.8) is 0 Å². The standard InChI is InChI=1S/C8H14ClN3OS/c1-13-6-4-2-3-5-10-8-7(9)11-14-12-8/h2-6H2,1H3,(H,10,12). The summed E-state index contributed by atoms with van der Waals surface area (Å²) in [5.74, 6) is 0.698. The second kappa shape index (κ2) is 6.98. The maximum Gasteiger partial charge on any atom is 0.186 e. The average molecular weight is 236 g/mol. The molecule has 1 heterocycles. The molecule has 0 spiro atoms. The minimum atomic E-state index is 0.465. The van der Waals surface area contributed by atoms with Crippen LogP contribution < -0.4 is 5.32 Å². The first-order valence-corrected chi connectivity index (χ1v) is 5.66. The largest absolute Gasteiger partial charge is 0.385 e. The smallest absolute Gasteiger partial charge is 0.186 e. The summed E-state index contributed by atoms with van der Waals surface area (Å²) in [5, 5.41) is 3.60. The second-order valence-corrected chi connectivity index (χ2v) is 3.77. The summed E-state index contributed by atoms with van der Waals surface area (Å²) < 4.78 is 12.8. The Morgan fingerprint density at radius 1 is 1.36 bits per heavy atom. The highest BCUT2D eigenvalue weighted by Crippen LogP contribution is 2.17. The van der Waals surface area contributed by atoms with E-state index in [1.165, 1.54) is 0 Å². The molecule has 6 heteroatoms. The summed E-state index contributed by atoms with van der Waals surface area (Å²) in [5.41, 5.74) is 0. The lowest BCUT2D eigenvalue weighted by Crippen LogP contribution is -2.02. The van der Waals surface area contributed by atoms with Gasteiger partial charge in [0.05, 0.1) is 11.7 Å². The molecule has 1 N–H and O–H groups in total. The molecule has 4 nitrogen and oxygen atoms in total. The fourth-order valence-electron chi connectivity index (χ4n) is 1.04. The first-order valence-electron chi connectivity index (χ1n) is 4.55. The van der Waals surface area contributed by atoms with Gasteiger partial charge in [0.2, 0.25) is 0 Å². The number of methoxy groups -OCH3 is 1. The monoisotopic (exact) mass is 235 g/mol. The number of nitrogens with one attached hydrogen (secondary N) is 1. The van der Waals surface area contributed by atoms with Crippen molar-refractivity contribution >= 4 is 29.1 Å². The van der Waals surface area contributed by atoms with E-state index in [2.05, 4.69) is 14.1 Å². The molecule has 0 atom stereocenters. The summed E-state index contributed by atoms with van der Waals surface area (Å²) in [6.45, 7) is 1.72. The molecule has 0 aliphatic carbocycles. The van der Waals surface area contributed by atoms with Crippen LogP contribution in [0.25, 0.3) is 0 Å². The lowest BCUT2D eigenvalue weighted by atomic mass is 10.2. The molecule has 0 fully saturated rings. The summed E-state index contributed by atoms with van der Waals surface area (Å²) in [4.78, 5) is 0. The van der Waals surface area contributed by atoms with E-state index in [4.69, 9.17) is 16.3 Å². The minimum absolute atomic E-state index is 0.465. The van der Waals surface area contributed by atoms with Crippen molar-refractivity contribution in [3.05, 3.63) is 5.15 Å². The number of hydrogen-bond donors (Lipinski definition) is 1. The quantitative estimate of drug-likeness (QED) is 0.738. The van der Waals surface area contributed by atoms with E-state index in [0.29, 0.717) is 11.0 Å². The van der Waals surface area contributed by atoms with Crippen molar-refractivity contribution in [1.29, 1.82) is 0 Å². The van der Waals surface area contributed by atoms with Gasteiger partial charge in [0, 0.05) is 20.3 Å². The Morgan fingerprint density at radius 3 is 2.86 bits per heavy atom. The number of rotatable bonds is 7. The maximum atomic E-state index is 5.76. The van der Waals surface area contributed by atoms with E-state index < -0.39 is 0 Å². The molecule has 80 valence electrons. The molecule has 14 heavy (non-hydrogen) atoms. The van der Waals surface area contributed by atoms with Gasteiger partial charge in [-0.2, -0.15) is 8.75 Å². The van der Waals surface area contributed by atoms with Gasteiger partial charge in [-0.1, -0.05) is 11.6 Å². The lowest BCUT2D eigenvalue weighted by molar-refractivity contribution is 0.192. The minimum Gasteiger partial charge on any atom is -0.385 e. The molecule has 0 unspecified atom stereocenters. The van der Waals surface area contributed by atoms with Gasteiger partial charge in [0.1, 0.15) is 0 Å². The van der Waals surface area contributed by atoms with Gasteiger partial charge in [0.15, 0.2) is 11.0 Å². The molecule has 0 radical (unpaired) electrons. The van der Waals surface area contributed by atoms with Crippen molar-refractivity contribution in [2.45, 2.75) is 19.3 Å². The fourth-order valence-corrected chi connectivity index (χ4v) is 1.72. The van der Waals surface area contributed by atoms with Crippen LogP contribution in [0, 0.1) is 0 Å². The van der Waals surface area contributed by atoms with Crippen LogP contribution in [0.15, 0.2) is 0 Å². The first-order chi connectivity index (χ1) is 6.84. The van der Waals surface area contributed by atoms with Crippen LogP contribution in [-0.4, -0.2) is 29.0 Å². The SMILES string of the molecule is COCCCCCNc1nsnc1Cl. The summed E-state index contributed by atoms with van der Waals surface area (Å²) >= 11 is 6.88. The van der Waals surface area contributed by atoms with E-state index in [9.17, 15) is 0 Å². The predicted molar refractivity (Wildman–Crippen MR) is 59.1 cm³/mol. The maximum absolute atomic E-state index is 5.76. The third-order valence-corrected chi connectivity index (χ3v) is 2.66. The van der Waals surface area contributed by atoms with Gasteiger partial charge in [-0.25, -0.2) is 0 Å². The van der Waals surface area contributed by atoms with Crippen molar-refractivity contribution in [2.24, 2.45) is 0 Å². The van der Waals surface area contributed by atoms with E-state index in [-0.39, 0.29) is 0 Å². The van der Waals surface area contributed by atoms with Crippen LogP contribution >= 0.6 is 23.3 Å². The van der Waals surface area contributed by atoms with Gasteiger partial charge in [-0.15, -0.1) is 0 Å². The number of halogens is 1. The predicted octanol–water partition coefficient (Wildman–Crippen LogP) is 2.42. The zero-order valence-electron chi connectivity index (χ0n) is 8.12. The number of hydrogen-bond acceptors (Lipinski definition) is 5. The molecule has 0 bridgehead atoms. The Bertz CT molecular complexity index is 256.